The number of carboxylic acids is 1. The van der Waals surface area contributed by atoms with Crippen LogP contribution in [0.4, 0.5) is 13.2 Å². The third kappa shape index (κ3) is 7.84. The summed E-state index contributed by atoms with van der Waals surface area (Å²) in [6.45, 7) is 6.31. The molecule has 0 bridgehead atoms. The van der Waals surface area contributed by atoms with Crippen LogP contribution in [0, 0.1) is 5.41 Å². The molecule has 0 aliphatic heterocycles. The quantitative estimate of drug-likeness (QED) is 0.314. The zero-order valence-electron chi connectivity index (χ0n) is 20.2. The second kappa shape index (κ2) is 11.2. The van der Waals surface area contributed by atoms with Gasteiger partial charge in [-0.15, -0.1) is 11.3 Å². The van der Waals surface area contributed by atoms with Crippen molar-refractivity contribution >= 4 is 23.2 Å². The van der Waals surface area contributed by atoms with Crippen LogP contribution >= 0.6 is 11.3 Å². The summed E-state index contributed by atoms with van der Waals surface area (Å²) in [6.07, 6.45) is -4.18. The highest BCUT2D eigenvalue weighted by atomic mass is 32.1. The van der Waals surface area contributed by atoms with E-state index in [1.54, 1.807) is 30.3 Å². The number of ether oxygens (including phenoxy) is 1. The molecular weight excluding hydrogens is 491 g/mol. The number of amides is 1. The van der Waals surface area contributed by atoms with Crippen molar-refractivity contribution in [3.63, 3.8) is 0 Å². The molecule has 0 saturated carbocycles. The number of carbonyl (C=O) groups excluding carboxylic acids is 1. The second-order valence-electron chi connectivity index (χ2n) is 9.57. The van der Waals surface area contributed by atoms with Gasteiger partial charge in [-0.2, -0.15) is 13.2 Å². The van der Waals surface area contributed by atoms with Gasteiger partial charge >= 0.3 is 12.1 Å². The second-order valence-corrected chi connectivity index (χ2v) is 10.7. The van der Waals surface area contributed by atoms with E-state index in [0.717, 1.165) is 22.6 Å². The molecule has 1 atom stereocenters. The van der Waals surface area contributed by atoms with Crippen LogP contribution in [-0.2, 0) is 11.0 Å². The number of rotatable bonds is 9. The Morgan fingerprint density at radius 1 is 0.944 bits per heavy atom. The Morgan fingerprint density at radius 3 is 2.06 bits per heavy atom. The van der Waals surface area contributed by atoms with Gasteiger partial charge in [-0.25, -0.2) is 0 Å². The number of alkyl halides is 3. The lowest BCUT2D eigenvalue weighted by Crippen LogP contribution is -2.25. The molecule has 3 aromatic rings. The molecule has 5 nitrogen and oxygen atoms in total. The Kier molecular flexibility index (Phi) is 8.45. The van der Waals surface area contributed by atoms with Crippen molar-refractivity contribution in [1.82, 2.24) is 5.32 Å². The van der Waals surface area contributed by atoms with Crippen LogP contribution in [0.5, 0.6) is 5.75 Å². The Bertz CT molecular complexity index is 1180. The lowest BCUT2D eigenvalue weighted by molar-refractivity contribution is -0.138. The van der Waals surface area contributed by atoms with Gasteiger partial charge in [-0.1, -0.05) is 45.0 Å². The molecule has 3 rings (SSSR count). The maximum Gasteiger partial charge on any atom is 0.416 e. The summed E-state index contributed by atoms with van der Waals surface area (Å²) >= 11 is 1.29. The Morgan fingerprint density at radius 2 is 1.53 bits per heavy atom. The number of hydrogen-bond donors (Lipinski definition) is 2. The summed E-state index contributed by atoms with van der Waals surface area (Å²) in [4.78, 5) is 24.3. The molecule has 1 amide bonds. The first-order chi connectivity index (χ1) is 16.8. The minimum Gasteiger partial charge on any atom is -0.485 e. The molecule has 192 valence electrons. The smallest absolute Gasteiger partial charge is 0.416 e. The molecule has 1 heterocycles. The van der Waals surface area contributed by atoms with E-state index in [0.29, 0.717) is 22.6 Å². The molecule has 0 unspecified atom stereocenters. The Labute approximate surface area is 211 Å². The summed E-state index contributed by atoms with van der Waals surface area (Å²) in [5.74, 6) is -0.714. The summed E-state index contributed by atoms with van der Waals surface area (Å²) < 4.78 is 44.8. The van der Waals surface area contributed by atoms with E-state index >= 15 is 0 Å². The number of thiophene rings is 1. The molecule has 0 fully saturated rings. The number of carboxylic acid groups (broad SMARTS) is 1. The monoisotopic (exact) mass is 519 g/mol. The number of hydrogen-bond acceptors (Lipinski definition) is 4. The van der Waals surface area contributed by atoms with E-state index in [1.165, 1.54) is 23.5 Å². The SMILES string of the molecule is CC(C)(C)C[C@H](Oc1ccc(-c2ccc(C(F)(F)F)cc2)cc1)c1ccc(C(=O)NCCC(=O)O)s1. The molecule has 1 aromatic heterocycles. The van der Waals surface area contributed by atoms with Crippen molar-refractivity contribution in [3.8, 4) is 16.9 Å². The third-order valence-electron chi connectivity index (χ3n) is 5.27. The zero-order chi connectivity index (χ0) is 26.5. The van der Waals surface area contributed by atoms with Crippen LogP contribution in [0.2, 0.25) is 0 Å². The number of carbonyl (C=O) groups is 2. The van der Waals surface area contributed by atoms with Crippen molar-refractivity contribution in [1.29, 1.82) is 0 Å². The third-order valence-corrected chi connectivity index (χ3v) is 6.44. The van der Waals surface area contributed by atoms with Crippen molar-refractivity contribution < 1.29 is 32.6 Å². The molecule has 0 saturated heterocycles. The zero-order valence-corrected chi connectivity index (χ0v) is 21.0. The summed E-state index contributed by atoms with van der Waals surface area (Å²) in [6, 6.07) is 15.7. The molecule has 0 radical (unpaired) electrons. The predicted molar refractivity (Wildman–Crippen MR) is 133 cm³/mol. The van der Waals surface area contributed by atoms with E-state index in [4.69, 9.17) is 9.84 Å². The highest BCUT2D eigenvalue weighted by molar-refractivity contribution is 7.14. The fourth-order valence-corrected chi connectivity index (χ4v) is 4.47. The molecule has 0 aliphatic rings. The van der Waals surface area contributed by atoms with Crippen LogP contribution in [0.15, 0.2) is 60.7 Å². The van der Waals surface area contributed by atoms with Crippen molar-refractivity contribution in [3.05, 3.63) is 76.0 Å². The van der Waals surface area contributed by atoms with Crippen LogP contribution < -0.4 is 10.1 Å². The van der Waals surface area contributed by atoms with E-state index in [2.05, 4.69) is 26.1 Å². The summed E-state index contributed by atoms with van der Waals surface area (Å²) in [5, 5.41) is 11.3. The van der Waals surface area contributed by atoms with Gasteiger partial charge < -0.3 is 15.2 Å². The van der Waals surface area contributed by atoms with E-state index in [1.807, 2.05) is 6.07 Å². The first-order valence-corrected chi connectivity index (χ1v) is 12.2. The minimum absolute atomic E-state index is 0.0502. The van der Waals surface area contributed by atoms with Gasteiger partial charge in [0.15, 0.2) is 0 Å². The molecule has 2 aromatic carbocycles. The Balaban J connectivity index is 1.74. The van der Waals surface area contributed by atoms with E-state index in [-0.39, 0.29) is 30.4 Å². The first kappa shape index (κ1) is 27.3. The van der Waals surface area contributed by atoms with Gasteiger partial charge in [0.05, 0.1) is 16.9 Å². The van der Waals surface area contributed by atoms with Gasteiger partial charge in [0.1, 0.15) is 11.9 Å². The molecule has 36 heavy (non-hydrogen) atoms. The first-order valence-electron chi connectivity index (χ1n) is 11.4. The number of aliphatic carboxylic acids is 1. The van der Waals surface area contributed by atoms with Crippen LogP contribution in [-0.4, -0.2) is 23.5 Å². The lowest BCUT2D eigenvalue weighted by atomic mass is 9.88. The highest BCUT2D eigenvalue weighted by Gasteiger charge is 2.30. The van der Waals surface area contributed by atoms with Gasteiger partial charge in [0, 0.05) is 11.4 Å². The fourth-order valence-electron chi connectivity index (χ4n) is 3.52. The average molecular weight is 520 g/mol. The summed E-state index contributed by atoms with van der Waals surface area (Å²) in [7, 11) is 0. The van der Waals surface area contributed by atoms with E-state index < -0.39 is 17.7 Å². The van der Waals surface area contributed by atoms with Crippen LogP contribution in [0.1, 0.15) is 59.8 Å². The topological polar surface area (TPSA) is 75.6 Å². The molecular formula is C27H28F3NO4S. The van der Waals surface area contributed by atoms with Gasteiger partial charge in [-0.05, 0) is 59.4 Å². The molecule has 9 heteroatoms. The molecule has 2 N–H and O–H groups in total. The number of nitrogens with one attached hydrogen (secondary N) is 1. The van der Waals surface area contributed by atoms with Gasteiger partial charge in [0.2, 0.25) is 0 Å². The minimum atomic E-state index is -4.38. The summed E-state index contributed by atoms with van der Waals surface area (Å²) in [5.41, 5.74) is 0.665. The van der Waals surface area contributed by atoms with Gasteiger partial charge in [0.25, 0.3) is 5.91 Å². The van der Waals surface area contributed by atoms with Crippen LogP contribution in [0.25, 0.3) is 11.1 Å². The van der Waals surface area contributed by atoms with Crippen molar-refractivity contribution in [2.75, 3.05) is 6.54 Å². The fraction of sp³-hybridized carbons (Fsp3) is 0.333. The van der Waals surface area contributed by atoms with E-state index in [9.17, 15) is 22.8 Å². The molecule has 0 spiro atoms. The maximum atomic E-state index is 12.8. The maximum absolute atomic E-state index is 12.8. The standard InChI is InChI=1S/C27H28F3NO4S/c1-26(2,3)16-21(22-12-13-23(36-22)25(34)31-15-14-24(32)33)35-20-10-6-18(7-11-20)17-4-8-19(9-5-17)27(28,29)30/h4-13,21H,14-16H2,1-3H3,(H,31,34)(H,32,33)/t21-/m0/s1. The molecule has 0 aliphatic carbocycles. The average Bonchev–Trinajstić information content (AvgIpc) is 3.28. The number of halogens is 3. The van der Waals surface area contributed by atoms with Crippen molar-refractivity contribution in [2.24, 2.45) is 5.41 Å². The number of benzene rings is 2. The lowest BCUT2D eigenvalue weighted by Gasteiger charge is -2.26. The highest BCUT2D eigenvalue weighted by Crippen LogP contribution is 2.37. The van der Waals surface area contributed by atoms with Crippen LogP contribution in [0.3, 0.4) is 0 Å². The predicted octanol–water partition coefficient (Wildman–Crippen LogP) is 7.19. The van der Waals surface area contributed by atoms with Gasteiger partial charge in [-0.3, -0.25) is 9.59 Å². The normalized spacial score (nSPS) is 12.7. The Hall–Kier alpha value is -3.33. The van der Waals surface area contributed by atoms with Crippen molar-refractivity contribution in [2.45, 2.75) is 45.9 Å². The largest absolute Gasteiger partial charge is 0.485 e.